The molecule has 3 rings (SSSR count). The second-order valence-electron chi connectivity index (χ2n) is 10.5. The normalized spacial score (nSPS) is 13.7. The van der Waals surface area contributed by atoms with Gasteiger partial charge in [-0.2, -0.15) is 18.3 Å². The first-order valence-electron chi connectivity index (χ1n) is 13.6. The maximum Gasteiger partial charge on any atom is 0.406 e. The third-order valence-electron chi connectivity index (χ3n) is 7.07. The third kappa shape index (κ3) is 8.34. The number of nitrogens with one attached hydrogen (secondary N) is 2. The van der Waals surface area contributed by atoms with Crippen molar-refractivity contribution in [2.75, 3.05) is 18.9 Å². The molecule has 0 bridgehead atoms. The molecule has 0 aliphatic rings. The molecule has 232 valence electrons. The zero-order valence-corrected chi connectivity index (χ0v) is 25.1. The maximum absolute atomic E-state index is 15.3. The van der Waals surface area contributed by atoms with Crippen molar-refractivity contribution >= 4 is 35.0 Å². The number of carbonyl (C=O) groups excluding carboxylic acids is 3. The molecule has 13 heteroatoms. The van der Waals surface area contributed by atoms with Crippen LogP contribution in [0.4, 0.5) is 23.2 Å². The Labute approximate surface area is 252 Å². The number of likely N-dealkylation sites (N-methyl/N-ethyl adjacent to an activating group) is 1. The molecular weight excluding hydrogens is 590 g/mol. The molecule has 3 aromatic rings. The van der Waals surface area contributed by atoms with Gasteiger partial charge in [0.1, 0.15) is 24.1 Å². The second kappa shape index (κ2) is 14.0. The number of aromatic nitrogens is 2. The average Bonchev–Trinajstić information content (AvgIpc) is 3.42. The van der Waals surface area contributed by atoms with Crippen LogP contribution in [-0.2, 0) is 16.1 Å². The van der Waals surface area contributed by atoms with Crippen LogP contribution in [0.25, 0.3) is 0 Å². The van der Waals surface area contributed by atoms with Crippen LogP contribution in [0.2, 0.25) is 5.02 Å². The van der Waals surface area contributed by atoms with Crippen molar-refractivity contribution in [3.63, 3.8) is 0 Å². The van der Waals surface area contributed by atoms with E-state index >= 15 is 4.39 Å². The van der Waals surface area contributed by atoms with E-state index in [0.717, 1.165) is 13.1 Å². The van der Waals surface area contributed by atoms with Gasteiger partial charge in [-0.1, -0.05) is 49.7 Å². The van der Waals surface area contributed by atoms with Gasteiger partial charge in [-0.05, 0) is 55.2 Å². The zero-order valence-electron chi connectivity index (χ0n) is 24.4. The highest BCUT2D eigenvalue weighted by molar-refractivity contribution is 6.31. The summed E-state index contributed by atoms with van der Waals surface area (Å²) in [4.78, 5) is 40.1. The number of anilines is 1. The minimum Gasteiger partial charge on any atom is -0.338 e. The van der Waals surface area contributed by atoms with Crippen LogP contribution >= 0.6 is 11.6 Å². The van der Waals surface area contributed by atoms with Crippen LogP contribution in [0, 0.1) is 11.7 Å². The molecule has 0 saturated carbocycles. The predicted molar refractivity (Wildman–Crippen MR) is 155 cm³/mol. The largest absolute Gasteiger partial charge is 0.406 e. The third-order valence-corrected chi connectivity index (χ3v) is 7.42. The Morgan fingerprint density at radius 3 is 2.33 bits per heavy atom. The SMILES string of the molecule is CCn1nccc1C(=O)N[C@H](C(=O)Nc1ccc([C@H](C)C(=O)N(C)CC(F)(F)F)cc1F)[C@H](c1ccccc1Cl)C(C)C. The molecule has 0 fully saturated rings. The number of alkyl halides is 3. The van der Waals surface area contributed by atoms with E-state index in [1.54, 1.807) is 24.3 Å². The van der Waals surface area contributed by atoms with Gasteiger partial charge in [-0.15, -0.1) is 0 Å². The topological polar surface area (TPSA) is 96.3 Å². The van der Waals surface area contributed by atoms with E-state index in [-0.39, 0.29) is 22.9 Å². The fraction of sp³-hybridized carbons (Fsp3) is 0.400. The predicted octanol–water partition coefficient (Wildman–Crippen LogP) is 6.00. The molecule has 0 aliphatic heterocycles. The summed E-state index contributed by atoms with van der Waals surface area (Å²) < 4.78 is 54.9. The summed E-state index contributed by atoms with van der Waals surface area (Å²) in [5.74, 6) is -4.95. The number of rotatable bonds is 11. The van der Waals surface area contributed by atoms with Crippen LogP contribution in [-0.4, -0.2) is 58.2 Å². The molecule has 2 aromatic carbocycles. The van der Waals surface area contributed by atoms with Crippen molar-refractivity contribution in [3.05, 3.63) is 82.4 Å². The van der Waals surface area contributed by atoms with Gasteiger partial charge in [-0.3, -0.25) is 19.1 Å². The van der Waals surface area contributed by atoms with Gasteiger partial charge in [0.05, 0.1) is 11.6 Å². The van der Waals surface area contributed by atoms with E-state index in [9.17, 15) is 27.6 Å². The molecule has 0 radical (unpaired) electrons. The number of hydrogen-bond acceptors (Lipinski definition) is 4. The molecule has 1 heterocycles. The Morgan fingerprint density at radius 1 is 1.07 bits per heavy atom. The van der Waals surface area contributed by atoms with Crippen LogP contribution < -0.4 is 10.6 Å². The van der Waals surface area contributed by atoms with Gasteiger partial charge in [0.15, 0.2) is 0 Å². The first-order chi connectivity index (χ1) is 20.1. The summed E-state index contributed by atoms with van der Waals surface area (Å²) in [6.07, 6.45) is -3.12. The van der Waals surface area contributed by atoms with E-state index in [1.807, 2.05) is 20.8 Å². The molecule has 3 amide bonds. The molecule has 8 nitrogen and oxygen atoms in total. The van der Waals surface area contributed by atoms with Crippen molar-refractivity contribution in [2.45, 2.75) is 58.3 Å². The van der Waals surface area contributed by atoms with Crippen molar-refractivity contribution in [3.8, 4) is 0 Å². The smallest absolute Gasteiger partial charge is 0.338 e. The highest BCUT2D eigenvalue weighted by Crippen LogP contribution is 2.34. The average molecular weight is 624 g/mol. The van der Waals surface area contributed by atoms with Gasteiger partial charge >= 0.3 is 6.18 Å². The molecule has 0 saturated heterocycles. The minimum atomic E-state index is -4.58. The number of halogens is 5. The quantitative estimate of drug-likeness (QED) is 0.256. The number of amides is 3. The Kier molecular flexibility index (Phi) is 11.0. The van der Waals surface area contributed by atoms with E-state index in [4.69, 9.17) is 11.6 Å². The van der Waals surface area contributed by atoms with Gasteiger partial charge in [0.25, 0.3) is 5.91 Å². The van der Waals surface area contributed by atoms with E-state index in [2.05, 4.69) is 15.7 Å². The van der Waals surface area contributed by atoms with Gasteiger partial charge in [0, 0.05) is 30.7 Å². The molecule has 1 aromatic heterocycles. The first kappa shape index (κ1) is 33.6. The summed E-state index contributed by atoms with van der Waals surface area (Å²) >= 11 is 6.50. The van der Waals surface area contributed by atoms with Crippen LogP contribution in [0.1, 0.15) is 61.1 Å². The standard InChI is InChI=1S/C30H34ClF4N5O3/c1-6-40-24(13-14-36-40)27(41)38-26(25(17(2)3)20-9-7-8-10-21(20)31)28(42)37-23-12-11-19(15-22(23)32)18(4)29(43)39(5)16-30(33,34)35/h7-15,17-18,25-26H,6,16H2,1-5H3,(H,37,42)(H,38,41)/t18-,25-,26-/m0/s1. The van der Waals surface area contributed by atoms with Gasteiger partial charge in [0.2, 0.25) is 11.8 Å². The Balaban J connectivity index is 1.92. The fourth-order valence-electron chi connectivity index (χ4n) is 4.91. The highest BCUT2D eigenvalue weighted by atomic mass is 35.5. The monoisotopic (exact) mass is 623 g/mol. The number of hydrogen-bond donors (Lipinski definition) is 2. The maximum atomic E-state index is 15.3. The Bertz CT molecular complexity index is 1460. The zero-order chi connectivity index (χ0) is 32.1. The summed E-state index contributed by atoms with van der Waals surface area (Å²) in [6.45, 7) is 5.87. The van der Waals surface area contributed by atoms with Crippen LogP contribution in [0.5, 0.6) is 0 Å². The summed E-state index contributed by atoms with van der Waals surface area (Å²) in [6, 6.07) is 10.8. The fourth-order valence-corrected chi connectivity index (χ4v) is 5.17. The van der Waals surface area contributed by atoms with Crippen LogP contribution in [0.3, 0.4) is 0 Å². The molecule has 43 heavy (non-hydrogen) atoms. The molecule has 0 spiro atoms. The van der Waals surface area contributed by atoms with E-state index in [1.165, 1.54) is 36.0 Å². The van der Waals surface area contributed by atoms with Crippen LogP contribution in [0.15, 0.2) is 54.7 Å². The van der Waals surface area contributed by atoms with Crippen molar-refractivity contribution in [1.82, 2.24) is 20.0 Å². The van der Waals surface area contributed by atoms with Crippen molar-refractivity contribution in [1.29, 1.82) is 0 Å². The molecule has 2 N–H and O–H groups in total. The number of nitrogens with zero attached hydrogens (tertiary/aromatic N) is 3. The van der Waals surface area contributed by atoms with E-state index in [0.29, 0.717) is 22.0 Å². The van der Waals surface area contributed by atoms with E-state index < -0.39 is 54.1 Å². The number of aryl methyl sites for hydroxylation is 1. The lowest BCUT2D eigenvalue weighted by Gasteiger charge is -2.31. The summed E-state index contributed by atoms with van der Waals surface area (Å²) in [7, 11) is 1.02. The number of benzene rings is 2. The van der Waals surface area contributed by atoms with Crippen molar-refractivity contribution in [2.24, 2.45) is 5.92 Å². The summed E-state index contributed by atoms with van der Waals surface area (Å²) in [5, 5.41) is 9.80. The molecular formula is C30H34ClF4N5O3. The Hall–Kier alpha value is -3.93. The van der Waals surface area contributed by atoms with Crippen molar-refractivity contribution < 1.29 is 31.9 Å². The Morgan fingerprint density at radius 2 is 1.74 bits per heavy atom. The lowest BCUT2D eigenvalue weighted by molar-refractivity contribution is -0.159. The van der Waals surface area contributed by atoms with Gasteiger partial charge in [-0.25, -0.2) is 4.39 Å². The number of carbonyl (C=O) groups is 3. The minimum absolute atomic E-state index is 0.128. The molecule has 3 atom stereocenters. The first-order valence-corrected chi connectivity index (χ1v) is 14.0. The summed E-state index contributed by atoms with van der Waals surface area (Å²) in [5.41, 5.74) is 0.723. The highest BCUT2D eigenvalue weighted by Gasteiger charge is 2.36. The lowest BCUT2D eigenvalue weighted by Crippen LogP contribution is -2.49. The molecule has 0 aliphatic carbocycles. The second-order valence-corrected chi connectivity index (χ2v) is 10.9. The molecule has 0 unspecified atom stereocenters. The van der Waals surface area contributed by atoms with Gasteiger partial charge < -0.3 is 15.5 Å². The lowest BCUT2D eigenvalue weighted by atomic mass is 9.81.